The van der Waals surface area contributed by atoms with Crippen LogP contribution in [0.25, 0.3) is 0 Å². The Hall–Kier alpha value is -0.610. The number of hydroxylamine groups is 1. The summed E-state index contributed by atoms with van der Waals surface area (Å²) < 4.78 is 0. The molecular weight excluding hydrogens is 156 g/mol. The monoisotopic (exact) mass is 172 g/mol. The highest BCUT2D eigenvalue weighted by molar-refractivity contribution is 5.80. The van der Waals surface area contributed by atoms with Gasteiger partial charge in [0.2, 0.25) is 0 Å². The van der Waals surface area contributed by atoms with Crippen LogP contribution >= 0.6 is 0 Å². The van der Waals surface area contributed by atoms with Gasteiger partial charge in [-0.05, 0) is 33.2 Å². The third-order valence-corrected chi connectivity index (χ3v) is 1.77. The molecule has 1 rings (SSSR count). The van der Waals surface area contributed by atoms with Gasteiger partial charge in [-0.2, -0.15) is 0 Å². The molecule has 1 atom stereocenters. The fourth-order valence-corrected chi connectivity index (χ4v) is 1.16. The predicted octanol–water partition coefficient (Wildman–Crippen LogP) is 0.195. The number of nitrogens with one attached hydrogen (secondary N) is 2. The first-order chi connectivity index (χ1) is 5.70. The lowest BCUT2D eigenvalue weighted by Crippen LogP contribution is -2.41. The van der Waals surface area contributed by atoms with Gasteiger partial charge in [-0.3, -0.25) is 9.63 Å². The summed E-state index contributed by atoms with van der Waals surface area (Å²) in [4.78, 5) is 16.2. The maximum absolute atomic E-state index is 11.3. The molecule has 4 nitrogen and oxygen atoms in total. The molecule has 0 bridgehead atoms. The van der Waals surface area contributed by atoms with Crippen molar-refractivity contribution in [3.63, 3.8) is 0 Å². The van der Waals surface area contributed by atoms with Gasteiger partial charge in [-0.15, -0.1) is 0 Å². The van der Waals surface area contributed by atoms with Gasteiger partial charge in [0.15, 0.2) is 0 Å². The molecule has 1 aliphatic rings. The molecule has 0 aromatic carbocycles. The second kappa shape index (κ2) is 4.42. The van der Waals surface area contributed by atoms with Crippen molar-refractivity contribution in [1.82, 2.24) is 10.8 Å². The highest BCUT2D eigenvalue weighted by atomic mass is 16.7. The van der Waals surface area contributed by atoms with E-state index < -0.39 is 0 Å². The largest absolute Gasteiger partial charge is 0.306 e. The summed E-state index contributed by atoms with van der Waals surface area (Å²) in [5.41, 5.74) is 2.42. The molecule has 70 valence electrons. The Bertz CT molecular complexity index is 153. The van der Waals surface area contributed by atoms with E-state index in [4.69, 9.17) is 4.84 Å². The molecule has 4 heteroatoms. The maximum Gasteiger partial charge on any atom is 0.260 e. The molecule has 0 aliphatic carbocycles. The van der Waals surface area contributed by atoms with Crippen molar-refractivity contribution in [3.8, 4) is 0 Å². The van der Waals surface area contributed by atoms with Crippen molar-refractivity contribution in [2.45, 2.75) is 38.8 Å². The molecule has 1 fully saturated rings. The minimum atomic E-state index is -0.0544. The number of hydrogen-bond donors (Lipinski definition) is 2. The molecule has 0 aromatic heterocycles. The van der Waals surface area contributed by atoms with Gasteiger partial charge in [-0.25, -0.2) is 5.48 Å². The van der Waals surface area contributed by atoms with Crippen LogP contribution in [0.15, 0.2) is 0 Å². The van der Waals surface area contributed by atoms with E-state index in [-0.39, 0.29) is 18.1 Å². The molecule has 12 heavy (non-hydrogen) atoms. The highest BCUT2D eigenvalue weighted by Gasteiger charge is 2.21. The third kappa shape index (κ3) is 2.79. The maximum atomic E-state index is 11.3. The summed E-state index contributed by atoms with van der Waals surface area (Å²) >= 11 is 0. The van der Waals surface area contributed by atoms with E-state index in [0.717, 1.165) is 19.4 Å². The third-order valence-electron chi connectivity index (χ3n) is 1.77. The van der Waals surface area contributed by atoms with E-state index in [2.05, 4.69) is 10.8 Å². The van der Waals surface area contributed by atoms with Crippen LogP contribution in [0.1, 0.15) is 26.7 Å². The average Bonchev–Trinajstić information content (AvgIpc) is 2.51. The average molecular weight is 172 g/mol. The van der Waals surface area contributed by atoms with Crippen molar-refractivity contribution in [3.05, 3.63) is 0 Å². The molecule has 1 aliphatic heterocycles. The Balaban J connectivity index is 2.18. The normalized spacial score (nSPS) is 23.1. The summed E-state index contributed by atoms with van der Waals surface area (Å²) in [5, 5.41) is 3.09. The summed E-state index contributed by atoms with van der Waals surface area (Å²) in [7, 11) is 0. The van der Waals surface area contributed by atoms with Gasteiger partial charge in [-0.1, -0.05) is 0 Å². The number of carbonyl (C=O) groups is 1. The van der Waals surface area contributed by atoms with Crippen LogP contribution < -0.4 is 10.8 Å². The fourth-order valence-electron chi connectivity index (χ4n) is 1.16. The van der Waals surface area contributed by atoms with E-state index >= 15 is 0 Å². The van der Waals surface area contributed by atoms with Crippen LogP contribution in [0, 0.1) is 0 Å². The Morgan fingerprint density at radius 3 is 2.92 bits per heavy atom. The summed E-state index contributed by atoms with van der Waals surface area (Å²) in [6, 6.07) is -0.0521. The highest BCUT2D eigenvalue weighted by Crippen LogP contribution is 2.04. The second-order valence-electron chi connectivity index (χ2n) is 3.28. The van der Waals surface area contributed by atoms with E-state index in [0.29, 0.717) is 0 Å². The smallest absolute Gasteiger partial charge is 0.260 e. The van der Waals surface area contributed by atoms with Crippen LogP contribution in [0.2, 0.25) is 0 Å². The zero-order chi connectivity index (χ0) is 8.97. The Morgan fingerprint density at radius 2 is 2.42 bits per heavy atom. The summed E-state index contributed by atoms with van der Waals surface area (Å²) in [6.45, 7) is 4.68. The molecule has 2 N–H and O–H groups in total. The molecule has 0 aromatic rings. The molecule has 0 unspecified atom stereocenters. The number of rotatable bonds is 3. The van der Waals surface area contributed by atoms with E-state index in [1.165, 1.54) is 0 Å². The SMILES string of the molecule is CC(C)ONC(=O)[C@H]1CCCN1. The van der Waals surface area contributed by atoms with Crippen molar-refractivity contribution in [2.24, 2.45) is 0 Å². The predicted molar refractivity (Wildman–Crippen MR) is 45.4 cm³/mol. The van der Waals surface area contributed by atoms with E-state index in [1.807, 2.05) is 13.8 Å². The van der Waals surface area contributed by atoms with E-state index in [1.54, 1.807) is 0 Å². The zero-order valence-electron chi connectivity index (χ0n) is 7.59. The van der Waals surface area contributed by atoms with Crippen LogP contribution in [-0.4, -0.2) is 24.6 Å². The Morgan fingerprint density at radius 1 is 1.67 bits per heavy atom. The lowest BCUT2D eigenvalue weighted by molar-refractivity contribution is -0.138. The standard InChI is InChI=1S/C8H16N2O2/c1-6(2)12-10-8(11)7-4-3-5-9-7/h6-7,9H,3-5H2,1-2H3,(H,10,11)/t7-/m1/s1. The van der Waals surface area contributed by atoms with Gasteiger partial charge < -0.3 is 5.32 Å². The number of hydrogen-bond acceptors (Lipinski definition) is 3. The van der Waals surface area contributed by atoms with Crippen molar-refractivity contribution in [1.29, 1.82) is 0 Å². The first-order valence-electron chi connectivity index (χ1n) is 4.39. The summed E-state index contributed by atoms with van der Waals surface area (Å²) in [5.74, 6) is -0.0544. The lowest BCUT2D eigenvalue weighted by atomic mass is 10.2. The van der Waals surface area contributed by atoms with Crippen molar-refractivity contribution >= 4 is 5.91 Å². The number of carbonyl (C=O) groups excluding carboxylic acids is 1. The van der Waals surface area contributed by atoms with Gasteiger partial charge >= 0.3 is 0 Å². The van der Waals surface area contributed by atoms with Gasteiger partial charge in [0.05, 0.1) is 12.1 Å². The topological polar surface area (TPSA) is 50.4 Å². The summed E-state index contributed by atoms with van der Waals surface area (Å²) in [6.07, 6.45) is 2.02. The van der Waals surface area contributed by atoms with Crippen molar-refractivity contribution < 1.29 is 9.63 Å². The minimum absolute atomic E-state index is 0.0374. The minimum Gasteiger partial charge on any atom is -0.306 e. The quantitative estimate of drug-likeness (QED) is 0.598. The molecule has 0 spiro atoms. The molecule has 0 saturated carbocycles. The Kier molecular flexibility index (Phi) is 3.49. The molecule has 0 radical (unpaired) electrons. The van der Waals surface area contributed by atoms with Gasteiger partial charge in [0.1, 0.15) is 0 Å². The van der Waals surface area contributed by atoms with Crippen molar-refractivity contribution in [2.75, 3.05) is 6.54 Å². The fraction of sp³-hybridized carbons (Fsp3) is 0.875. The first-order valence-corrected chi connectivity index (χ1v) is 4.39. The van der Waals surface area contributed by atoms with Crippen LogP contribution in [0.3, 0.4) is 0 Å². The zero-order valence-corrected chi connectivity index (χ0v) is 7.59. The lowest BCUT2D eigenvalue weighted by Gasteiger charge is -2.12. The van der Waals surface area contributed by atoms with Crippen LogP contribution in [-0.2, 0) is 9.63 Å². The molecular formula is C8H16N2O2. The van der Waals surface area contributed by atoms with Gasteiger partial charge in [0, 0.05) is 0 Å². The number of amides is 1. The molecule has 1 heterocycles. The Labute approximate surface area is 72.6 Å². The first kappa shape index (κ1) is 9.48. The van der Waals surface area contributed by atoms with Crippen LogP contribution in [0.5, 0.6) is 0 Å². The second-order valence-corrected chi connectivity index (χ2v) is 3.28. The van der Waals surface area contributed by atoms with E-state index in [9.17, 15) is 4.79 Å². The molecule has 1 saturated heterocycles. The van der Waals surface area contributed by atoms with Gasteiger partial charge in [0.25, 0.3) is 5.91 Å². The van der Waals surface area contributed by atoms with Crippen LogP contribution in [0.4, 0.5) is 0 Å². The molecule has 1 amide bonds.